The van der Waals surface area contributed by atoms with Crippen LogP contribution in [0.15, 0.2) is 69.0 Å². The molecule has 0 bridgehead atoms. The van der Waals surface area contributed by atoms with Gasteiger partial charge in [-0.15, -0.1) is 20.5 Å². The SMILES string of the molecule is COc1cc(N=Nc2c(Cl)cc([N+](=O)[O-])cc2Cl)c([OH+]C)cc1[N+]#N.COc1cc(N=Nc2c(Cl)cc([N+](=O)[O-])cc2Cl)c([OH+]C)cc1[N+]#N.[Cl][Zn][Cl]. The number of aromatic hydroxyl groups is 2. The molecule has 0 spiro atoms. The first kappa shape index (κ1) is 44.4. The fraction of sp³-hybridized carbons (Fsp3) is 0.143. The van der Waals surface area contributed by atoms with Gasteiger partial charge >= 0.3 is 45.9 Å². The summed E-state index contributed by atoms with van der Waals surface area (Å²) in [6, 6.07) is 10.3. The number of diazo groups is 2. The summed E-state index contributed by atoms with van der Waals surface area (Å²) in [6.45, 7) is 0. The molecule has 18 nitrogen and oxygen atoms in total. The van der Waals surface area contributed by atoms with Gasteiger partial charge in [0.05, 0.1) is 44.2 Å². The molecule has 0 saturated heterocycles. The van der Waals surface area contributed by atoms with Crippen LogP contribution < -0.4 is 9.47 Å². The number of nitrogens with zero attached hydrogens (tertiary/aromatic N) is 10. The molecule has 4 aromatic rings. The molecule has 0 unspecified atom stereocenters. The van der Waals surface area contributed by atoms with E-state index in [2.05, 4.69) is 39.9 Å². The average Bonchev–Trinajstić information content (AvgIpc) is 3.13. The molecule has 0 aliphatic rings. The fourth-order valence-corrected chi connectivity index (χ4v) is 4.91. The predicted molar refractivity (Wildman–Crippen MR) is 197 cm³/mol. The summed E-state index contributed by atoms with van der Waals surface area (Å²) in [7, 11) is 15.7. The van der Waals surface area contributed by atoms with Gasteiger partial charge < -0.3 is 18.9 Å². The first-order chi connectivity index (χ1) is 25.2. The zero-order valence-electron chi connectivity index (χ0n) is 27.4. The topological polar surface area (TPSA) is 236 Å². The maximum atomic E-state index is 10.8. The summed E-state index contributed by atoms with van der Waals surface area (Å²) in [5.74, 6) is 1.27. The number of methoxy groups -OCH3 is 2. The number of nitro benzene ring substituents is 2. The molecule has 0 fully saturated rings. The van der Waals surface area contributed by atoms with Gasteiger partial charge in [0.15, 0.2) is 35.5 Å². The van der Waals surface area contributed by atoms with Crippen molar-refractivity contribution in [3.63, 3.8) is 0 Å². The molecule has 0 radical (unpaired) electrons. The molecular weight excluding hydrogens is 882 g/mol. The van der Waals surface area contributed by atoms with Gasteiger partial charge in [-0.05, 0) is 0 Å². The zero-order chi connectivity index (χ0) is 39.8. The van der Waals surface area contributed by atoms with Crippen LogP contribution in [0, 0.1) is 31.0 Å². The van der Waals surface area contributed by atoms with Gasteiger partial charge in [-0.1, -0.05) is 46.4 Å². The Hall–Kier alpha value is -4.72. The van der Waals surface area contributed by atoms with Crippen LogP contribution in [0.25, 0.3) is 9.95 Å². The summed E-state index contributed by atoms with van der Waals surface area (Å²) >= 11 is 23.0. The van der Waals surface area contributed by atoms with Gasteiger partial charge in [0.1, 0.15) is 23.5 Å². The molecule has 2 N–H and O–H groups in total. The van der Waals surface area contributed by atoms with Crippen molar-refractivity contribution in [1.29, 1.82) is 10.8 Å². The minimum absolute atomic E-state index is 0.0214. The van der Waals surface area contributed by atoms with E-state index in [9.17, 15) is 20.2 Å². The second-order valence-electron chi connectivity index (χ2n) is 9.20. The number of halogens is 6. The van der Waals surface area contributed by atoms with Gasteiger partial charge in [0.25, 0.3) is 22.9 Å². The van der Waals surface area contributed by atoms with Crippen LogP contribution in [0.4, 0.5) is 45.5 Å². The summed E-state index contributed by atoms with van der Waals surface area (Å²) in [5.41, 5.74) is 0.593. The van der Waals surface area contributed by atoms with E-state index in [1.165, 1.54) is 52.7 Å². The third-order valence-corrected chi connectivity index (χ3v) is 7.34. The van der Waals surface area contributed by atoms with E-state index in [0.29, 0.717) is 22.9 Å². The fourth-order valence-electron chi connectivity index (χ4n) is 3.81. The standard InChI is InChI=1S/2C14H10Cl2N5O4.2ClH.Zn/c2*1-24-12-6-11(13(25-2)5-10(12)18-17)19-20-14-8(15)3-7(21(22)23)4-9(14)16;;;/h2*3-6H,1-2H3;2*1H;/q2*+1;;;+2. The van der Waals surface area contributed by atoms with Crippen molar-refractivity contribution in [1.82, 2.24) is 0 Å². The van der Waals surface area contributed by atoms with Crippen LogP contribution in [0.3, 0.4) is 0 Å². The molecule has 53 heavy (non-hydrogen) atoms. The van der Waals surface area contributed by atoms with Crippen LogP contribution in [0.1, 0.15) is 0 Å². The van der Waals surface area contributed by atoms with Crippen molar-refractivity contribution < 1.29 is 43.9 Å². The number of aliphatic hydroxyl groups is 2. The average molecular weight is 905 g/mol. The van der Waals surface area contributed by atoms with Crippen LogP contribution >= 0.6 is 65.8 Å². The Balaban J connectivity index is 0.000000341. The molecular formula is C28H22Cl6N10O8Zn+4. The second-order valence-corrected chi connectivity index (χ2v) is 15.5. The van der Waals surface area contributed by atoms with Gasteiger partial charge in [-0.3, -0.25) is 20.2 Å². The van der Waals surface area contributed by atoms with Gasteiger partial charge in [0, 0.05) is 36.4 Å². The second kappa shape index (κ2) is 21.7. The van der Waals surface area contributed by atoms with E-state index in [1.807, 2.05) is 0 Å². The summed E-state index contributed by atoms with van der Waals surface area (Å²) in [4.78, 5) is 26.5. The summed E-state index contributed by atoms with van der Waals surface area (Å²) in [5, 5.41) is 55.4. The van der Waals surface area contributed by atoms with Crippen molar-refractivity contribution in [3.05, 3.63) is 98.8 Å². The first-order valence-corrected chi connectivity index (χ1v) is 23.1. The third-order valence-electron chi connectivity index (χ3n) is 6.19. The van der Waals surface area contributed by atoms with E-state index in [4.69, 9.17) is 86.0 Å². The van der Waals surface area contributed by atoms with Crippen molar-refractivity contribution in [2.24, 2.45) is 20.5 Å². The number of benzene rings is 4. The molecule has 0 amide bonds. The molecule has 0 aliphatic heterocycles. The Morgan fingerprint density at radius 2 is 0.943 bits per heavy atom. The van der Waals surface area contributed by atoms with E-state index in [1.54, 1.807) is 0 Å². The molecule has 0 atom stereocenters. The zero-order valence-corrected chi connectivity index (χ0v) is 34.9. The van der Waals surface area contributed by atoms with E-state index in [-0.39, 0.29) is 65.7 Å². The Bertz CT molecular complexity index is 1960. The van der Waals surface area contributed by atoms with Crippen LogP contribution in [-0.4, -0.2) is 47.8 Å². The molecule has 4 aromatic carbocycles. The third kappa shape index (κ3) is 12.2. The maximum absolute atomic E-state index is 10.8. The van der Waals surface area contributed by atoms with Crippen LogP contribution in [0.2, 0.25) is 20.1 Å². The number of hydrogen-bond acceptors (Lipinski definition) is 12. The quantitative estimate of drug-likeness (QED) is 0.0369. The van der Waals surface area contributed by atoms with Gasteiger partial charge in [0.2, 0.25) is 22.3 Å². The van der Waals surface area contributed by atoms with Crippen LogP contribution in [0.5, 0.6) is 23.0 Å². The molecule has 0 saturated carbocycles. The molecule has 0 heterocycles. The Morgan fingerprint density at radius 3 is 1.17 bits per heavy atom. The molecule has 25 heteroatoms. The summed E-state index contributed by atoms with van der Waals surface area (Å²) in [6.07, 6.45) is 0. The Morgan fingerprint density at radius 1 is 0.642 bits per heavy atom. The van der Waals surface area contributed by atoms with Crippen LogP contribution in [-0.2, 0) is 15.1 Å². The number of azo groups is 2. The van der Waals surface area contributed by atoms with E-state index >= 15 is 0 Å². The minimum atomic E-state index is -0.931. The van der Waals surface area contributed by atoms with E-state index in [0.717, 1.165) is 24.3 Å². The molecule has 4 rings (SSSR count). The van der Waals surface area contributed by atoms with Gasteiger partial charge in [-0.25, -0.2) is 0 Å². The number of rotatable bonds is 10. The predicted octanol–water partition coefficient (Wildman–Crippen LogP) is 12.7. The number of ether oxygens (including phenoxy) is 4. The molecule has 272 valence electrons. The summed E-state index contributed by atoms with van der Waals surface area (Å²) < 4.78 is 18.2. The normalized spacial score (nSPS) is 10.1. The van der Waals surface area contributed by atoms with Crippen molar-refractivity contribution in [2.45, 2.75) is 0 Å². The Kier molecular flexibility index (Phi) is 18.2. The Labute approximate surface area is 334 Å². The van der Waals surface area contributed by atoms with Crippen molar-refractivity contribution in [2.75, 3.05) is 28.4 Å². The van der Waals surface area contributed by atoms with Crippen molar-refractivity contribution in [3.8, 4) is 23.0 Å². The van der Waals surface area contributed by atoms with Crippen molar-refractivity contribution >= 4 is 111 Å². The molecule has 0 aromatic heterocycles. The van der Waals surface area contributed by atoms with Gasteiger partial charge in [-0.2, -0.15) is 0 Å². The molecule has 0 aliphatic carbocycles. The monoisotopic (exact) mass is 900 g/mol. The first-order valence-electron chi connectivity index (χ1n) is 13.8. The number of nitro groups is 2. The number of non-ortho nitro benzene ring substituents is 2. The van der Waals surface area contributed by atoms with E-state index < -0.39 is 25.0 Å². The number of hydrogen-bond donors (Lipinski definition) is 0.